The van der Waals surface area contributed by atoms with Crippen molar-refractivity contribution in [2.45, 2.75) is 18.4 Å². The van der Waals surface area contributed by atoms with Gasteiger partial charge in [0.1, 0.15) is 12.4 Å². The van der Waals surface area contributed by atoms with E-state index in [1.165, 1.54) is 7.11 Å². The Kier molecular flexibility index (Phi) is 7.65. The molecule has 5 rings (SSSR count). The monoisotopic (exact) mass is 498 g/mol. The predicted octanol–water partition coefficient (Wildman–Crippen LogP) is 7.36. The topological polar surface area (TPSA) is 35.5 Å². The van der Waals surface area contributed by atoms with Crippen LogP contribution in [0, 0.1) is 0 Å². The lowest BCUT2D eigenvalue weighted by Gasteiger charge is -2.37. The van der Waals surface area contributed by atoms with Crippen LogP contribution in [0.4, 0.5) is 0 Å². The van der Waals surface area contributed by atoms with Gasteiger partial charge in [-0.25, -0.2) is 0 Å². The molecule has 0 heterocycles. The highest BCUT2D eigenvalue weighted by Crippen LogP contribution is 2.46. The molecule has 38 heavy (non-hydrogen) atoms. The molecule has 0 aliphatic rings. The summed E-state index contributed by atoms with van der Waals surface area (Å²) in [5.74, 6) is 0.415. The first-order valence-electron chi connectivity index (χ1n) is 12.7. The number of carbonyl (C=O) groups excluding carboxylic acids is 1. The molecule has 0 aliphatic carbocycles. The number of hydrogen-bond donors (Lipinski definition) is 0. The number of methoxy groups -OCH3 is 1. The number of benzene rings is 5. The molecule has 3 nitrogen and oxygen atoms in total. The minimum Gasteiger partial charge on any atom is -0.489 e. The Balaban J connectivity index is 1.75. The van der Waals surface area contributed by atoms with Crippen molar-refractivity contribution in [3.8, 4) is 5.75 Å². The summed E-state index contributed by atoms with van der Waals surface area (Å²) in [4.78, 5) is 12.4. The zero-order valence-electron chi connectivity index (χ0n) is 21.4. The fraction of sp³-hybridized carbons (Fsp3) is 0.114. The summed E-state index contributed by atoms with van der Waals surface area (Å²) in [6, 6.07) is 47.8. The van der Waals surface area contributed by atoms with Crippen LogP contribution in [-0.2, 0) is 28.0 Å². The van der Waals surface area contributed by atoms with Crippen molar-refractivity contribution in [3.63, 3.8) is 0 Å². The highest BCUT2D eigenvalue weighted by molar-refractivity contribution is 5.73. The molecule has 0 aliphatic heterocycles. The van der Waals surface area contributed by atoms with Gasteiger partial charge in [-0.05, 0) is 45.5 Å². The summed E-state index contributed by atoms with van der Waals surface area (Å²) in [6.07, 6.45) is 0.153. The number of rotatable bonds is 9. The van der Waals surface area contributed by atoms with Crippen LogP contribution in [-0.4, -0.2) is 13.1 Å². The fourth-order valence-corrected chi connectivity index (χ4v) is 5.11. The maximum atomic E-state index is 12.4. The second-order valence-electron chi connectivity index (χ2n) is 9.24. The minimum absolute atomic E-state index is 0.153. The average molecular weight is 499 g/mol. The van der Waals surface area contributed by atoms with E-state index in [1.54, 1.807) is 0 Å². The first kappa shape index (κ1) is 25.0. The van der Waals surface area contributed by atoms with Gasteiger partial charge in [-0.2, -0.15) is 0 Å². The van der Waals surface area contributed by atoms with Crippen LogP contribution in [0.15, 0.2) is 140 Å². The zero-order chi connectivity index (χ0) is 26.2. The first-order chi connectivity index (χ1) is 18.7. The molecule has 5 aromatic rings. The normalized spacial score (nSPS) is 11.1. The van der Waals surface area contributed by atoms with Gasteiger partial charge in [-0.15, -0.1) is 0 Å². The Morgan fingerprint density at radius 1 is 0.579 bits per heavy atom. The molecule has 0 radical (unpaired) electrons. The van der Waals surface area contributed by atoms with E-state index in [-0.39, 0.29) is 12.4 Å². The van der Waals surface area contributed by atoms with Gasteiger partial charge in [0.2, 0.25) is 0 Å². The summed E-state index contributed by atoms with van der Waals surface area (Å²) in [6.45, 7) is 0.428. The lowest BCUT2D eigenvalue weighted by atomic mass is 9.65. The predicted molar refractivity (Wildman–Crippen MR) is 151 cm³/mol. The molecular formula is C35H30O3. The molecular weight excluding hydrogens is 468 g/mol. The van der Waals surface area contributed by atoms with E-state index in [1.807, 2.05) is 54.6 Å². The Morgan fingerprint density at radius 2 is 1.05 bits per heavy atom. The largest absolute Gasteiger partial charge is 0.489 e. The highest BCUT2D eigenvalue weighted by atomic mass is 16.5. The van der Waals surface area contributed by atoms with Crippen molar-refractivity contribution in [1.82, 2.24) is 0 Å². The third kappa shape index (κ3) is 5.23. The molecule has 0 aromatic heterocycles. The van der Waals surface area contributed by atoms with Crippen LogP contribution in [0.1, 0.15) is 33.4 Å². The van der Waals surface area contributed by atoms with E-state index < -0.39 is 5.41 Å². The van der Waals surface area contributed by atoms with Gasteiger partial charge in [0.05, 0.1) is 18.9 Å². The van der Waals surface area contributed by atoms with E-state index >= 15 is 0 Å². The third-order valence-corrected chi connectivity index (χ3v) is 6.84. The second kappa shape index (κ2) is 11.6. The Hall–Kier alpha value is -4.63. The van der Waals surface area contributed by atoms with E-state index in [2.05, 4.69) is 84.9 Å². The molecule has 0 fully saturated rings. The van der Waals surface area contributed by atoms with Gasteiger partial charge in [0.25, 0.3) is 0 Å². The average Bonchev–Trinajstić information content (AvgIpc) is 2.99. The first-order valence-corrected chi connectivity index (χ1v) is 12.7. The lowest BCUT2D eigenvalue weighted by Crippen LogP contribution is -2.31. The maximum absolute atomic E-state index is 12.4. The van der Waals surface area contributed by atoms with Gasteiger partial charge in [0, 0.05) is 0 Å². The van der Waals surface area contributed by atoms with Gasteiger partial charge in [-0.3, -0.25) is 4.79 Å². The molecule has 188 valence electrons. The van der Waals surface area contributed by atoms with Crippen LogP contribution in [0.2, 0.25) is 0 Å². The van der Waals surface area contributed by atoms with Crippen molar-refractivity contribution in [2.75, 3.05) is 7.11 Å². The van der Waals surface area contributed by atoms with E-state index in [0.717, 1.165) is 33.4 Å². The number of carbonyl (C=O) groups is 1. The maximum Gasteiger partial charge on any atom is 0.309 e. The van der Waals surface area contributed by atoms with Gasteiger partial charge < -0.3 is 9.47 Å². The summed E-state index contributed by atoms with van der Waals surface area (Å²) >= 11 is 0. The summed E-state index contributed by atoms with van der Waals surface area (Å²) in [5.41, 5.74) is 5.67. The SMILES string of the molecule is COC(=O)Cc1cc(OCc2ccccc2)cc(C(c2ccccc2)(c2ccccc2)c2ccccc2)c1. The lowest BCUT2D eigenvalue weighted by molar-refractivity contribution is -0.139. The smallest absolute Gasteiger partial charge is 0.309 e. The minimum atomic E-state index is -0.638. The summed E-state index contributed by atoms with van der Waals surface area (Å²) in [7, 11) is 1.42. The summed E-state index contributed by atoms with van der Waals surface area (Å²) < 4.78 is 11.4. The van der Waals surface area contributed by atoms with Crippen molar-refractivity contribution in [3.05, 3.63) is 173 Å². The quantitative estimate of drug-likeness (QED) is 0.157. The van der Waals surface area contributed by atoms with E-state index in [9.17, 15) is 4.79 Å². The molecule has 0 spiro atoms. The Bertz CT molecular complexity index is 1370. The van der Waals surface area contributed by atoms with Crippen molar-refractivity contribution >= 4 is 5.97 Å². The third-order valence-electron chi connectivity index (χ3n) is 6.84. The molecule has 0 saturated carbocycles. The fourth-order valence-electron chi connectivity index (χ4n) is 5.11. The Morgan fingerprint density at radius 3 is 1.53 bits per heavy atom. The van der Waals surface area contributed by atoms with Gasteiger partial charge >= 0.3 is 5.97 Å². The molecule has 0 unspecified atom stereocenters. The highest BCUT2D eigenvalue weighted by Gasteiger charge is 2.38. The van der Waals surface area contributed by atoms with E-state index in [4.69, 9.17) is 9.47 Å². The van der Waals surface area contributed by atoms with Crippen LogP contribution < -0.4 is 4.74 Å². The van der Waals surface area contributed by atoms with Gasteiger partial charge in [0.15, 0.2) is 0 Å². The van der Waals surface area contributed by atoms with Crippen molar-refractivity contribution in [1.29, 1.82) is 0 Å². The zero-order valence-corrected chi connectivity index (χ0v) is 21.4. The molecule has 3 heteroatoms. The van der Waals surface area contributed by atoms with Crippen LogP contribution in [0.3, 0.4) is 0 Å². The van der Waals surface area contributed by atoms with Crippen molar-refractivity contribution < 1.29 is 14.3 Å². The summed E-state index contributed by atoms with van der Waals surface area (Å²) in [5, 5.41) is 0. The van der Waals surface area contributed by atoms with Crippen LogP contribution in [0.5, 0.6) is 5.75 Å². The van der Waals surface area contributed by atoms with Crippen LogP contribution >= 0.6 is 0 Å². The number of esters is 1. The number of ether oxygens (including phenoxy) is 2. The second-order valence-corrected chi connectivity index (χ2v) is 9.24. The Labute approximate surface area is 224 Å². The van der Waals surface area contributed by atoms with E-state index in [0.29, 0.717) is 12.4 Å². The van der Waals surface area contributed by atoms with Gasteiger partial charge in [-0.1, -0.05) is 127 Å². The standard InChI is InChI=1S/C35H30O3/c1-37-34(36)24-28-22-32(25-33(23-28)38-26-27-14-6-2-7-15-27)35(29-16-8-3-9-17-29,30-18-10-4-11-19-30)31-20-12-5-13-21-31/h2-23,25H,24,26H2,1H3. The molecule has 0 atom stereocenters. The number of hydrogen-bond acceptors (Lipinski definition) is 3. The molecule has 5 aromatic carbocycles. The van der Waals surface area contributed by atoms with Crippen molar-refractivity contribution in [2.24, 2.45) is 0 Å². The molecule has 0 bridgehead atoms. The van der Waals surface area contributed by atoms with Crippen LogP contribution in [0.25, 0.3) is 0 Å². The molecule has 0 amide bonds. The molecule has 0 N–H and O–H groups in total. The molecule has 0 saturated heterocycles.